The molecule has 0 aliphatic heterocycles. The molecule has 0 saturated heterocycles. The van der Waals surface area contributed by atoms with E-state index in [1.165, 1.54) is 16.3 Å². The molecule has 0 rings (SSSR count). The quantitative estimate of drug-likeness (QED) is 0.487. The van der Waals surface area contributed by atoms with E-state index in [0.29, 0.717) is 0 Å². The summed E-state index contributed by atoms with van der Waals surface area (Å²) < 4.78 is 28.6. The van der Waals surface area contributed by atoms with Crippen molar-refractivity contribution in [3.05, 3.63) is 0 Å². The molecule has 0 amide bonds. The molecule has 0 fully saturated rings. The van der Waals surface area contributed by atoms with Crippen LogP contribution in [0.2, 0.25) is 0 Å². The summed E-state index contributed by atoms with van der Waals surface area (Å²) in [6, 6.07) is 0. The van der Waals surface area contributed by atoms with Crippen LogP contribution in [0.25, 0.3) is 0 Å². The molecule has 0 aromatic rings. The van der Waals surface area contributed by atoms with E-state index in [9.17, 15) is 3.74 Å². The van der Waals surface area contributed by atoms with E-state index in [2.05, 4.69) is 2.81 Å². The van der Waals surface area contributed by atoms with E-state index < -0.39 is 14.5 Å². The van der Waals surface area contributed by atoms with Gasteiger partial charge in [-0.3, -0.25) is 0 Å². The van der Waals surface area contributed by atoms with Gasteiger partial charge in [0.15, 0.2) is 0 Å². The Morgan fingerprint density at radius 1 is 1.67 bits per heavy atom. The molecule has 0 aliphatic rings. The molecule has 6 heavy (non-hydrogen) atoms. The molecule has 2 N–H and O–H groups in total. The average Bonchev–Trinajstić information content (AvgIpc) is 1.35. The number of hydrogen-bond donors (Lipinski definition) is 2. The second-order valence-electron chi connectivity index (χ2n) is 0.572. The number of hydrogen-bond acceptors (Lipinski definition) is 2. The summed E-state index contributed by atoms with van der Waals surface area (Å²) in [5, 5.41) is 0. The summed E-state index contributed by atoms with van der Waals surface area (Å²) in [6.07, 6.45) is 0. The molecule has 0 aliphatic carbocycles. The van der Waals surface area contributed by atoms with Crippen LogP contribution in [0, 0.1) is 0 Å². The van der Waals surface area contributed by atoms with Crippen molar-refractivity contribution in [3.63, 3.8) is 0 Å². The zero-order valence-corrected chi connectivity index (χ0v) is 6.36. The third-order valence-corrected chi connectivity index (χ3v) is 2.87. The minimum absolute atomic E-state index is 1.36. The Hall–Kier alpha value is 0.758. The van der Waals surface area contributed by atoms with Crippen molar-refractivity contribution in [2.75, 3.05) is 0 Å². The van der Waals surface area contributed by atoms with Crippen LogP contribution in [0.1, 0.15) is 0 Å². The fourth-order valence-corrected chi connectivity index (χ4v) is 0. The zero-order valence-electron chi connectivity index (χ0n) is 2.61. The van der Waals surface area contributed by atoms with Gasteiger partial charge in [-0.25, -0.2) is 0 Å². The van der Waals surface area contributed by atoms with E-state index >= 15 is 0 Å². The molecule has 0 unspecified atom stereocenters. The topological polar surface area (TPSA) is 66.8 Å². The molecule has 0 saturated carbocycles. The van der Waals surface area contributed by atoms with Gasteiger partial charge in [-0.1, -0.05) is 0 Å². The summed E-state index contributed by atoms with van der Waals surface area (Å²) in [7, 11) is 0. The van der Waals surface area contributed by atoms with Gasteiger partial charge in [0.25, 0.3) is 0 Å². The molecule has 0 aromatic heterocycles. The Bertz CT molecular complexity index is 71.6. The molecule has 4 nitrogen and oxygen atoms in total. The molecule has 0 spiro atoms. The second kappa shape index (κ2) is 2.17. The van der Waals surface area contributed by atoms with E-state index in [0.717, 1.165) is 0 Å². The minimum atomic E-state index is -4.69. The fourth-order valence-electron chi connectivity index (χ4n) is 0. The Balaban J connectivity index is 3.48. The van der Waals surface area contributed by atoms with Crippen molar-refractivity contribution < 1.29 is 14.7 Å². The van der Waals surface area contributed by atoms with Gasteiger partial charge in [0.2, 0.25) is 0 Å². The van der Waals surface area contributed by atoms with Crippen LogP contribution in [0.3, 0.4) is 0 Å². The van der Waals surface area contributed by atoms with Crippen molar-refractivity contribution in [1.82, 2.24) is 0 Å². The Morgan fingerprint density at radius 2 is 1.83 bits per heavy atom. The van der Waals surface area contributed by atoms with Crippen LogP contribution in [-0.4, -0.2) is 39.0 Å². The monoisotopic (exact) mass is 222 g/mol. The maximum absolute atomic E-state index is 9.52. The predicted octanol–water partition coefficient (Wildman–Crippen LogP) is -2.33. The summed E-state index contributed by atoms with van der Waals surface area (Å²) in [5.74, 6) is 0. The van der Waals surface area contributed by atoms with Crippen LogP contribution in [0.15, 0.2) is 0 Å². The third kappa shape index (κ3) is 4.76. The summed E-state index contributed by atoms with van der Waals surface area (Å²) in [5.41, 5.74) is 0. The molecule has 38 valence electrons. The molecule has 6 heteroatoms. The summed E-state index contributed by atoms with van der Waals surface area (Å²) in [4.78, 5) is 0. The first-order valence-corrected chi connectivity index (χ1v) is 4.92. The standard InChI is InChI=1S/AsH3O4Se/c2-1(3,4)5-6/h6H,(H2,2,3,4). The van der Waals surface area contributed by atoms with Gasteiger partial charge in [-0.2, -0.15) is 0 Å². The van der Waals surface area contributed by atoms with Gasteiger partial charge >= 0.3 is 45.6 Å². The molecular formula is H3AsO4Se. The van der Waals surface area contributed by atoms with Crippen LogP contribution in [0.4, 0.5) is 0 Å². The van der Waals surface area contributed by atoms with Crippen LogP contribution in [-0.2, 0) is 6.55 Å². The molecular weight excluding hydrogens is 218 g/mol. The van der Waals surface area contributed by atoms with Gasteiger partial charge in [0.1, 0.15) is 0 Å². The Kier molecular flexibility index (Phi) is 2.44. The van der Waals surface area contributed by atoms with E-state index in [1.54, 1.807) is 0 Å². The maximum atomic E-state index is 9.52. The number of rotatable bonds is 1. The second-order valence-corrected chi connectivity index (χ2v) is 4.75. The Labute approximate surface area is 46.0 Å². The summed E-state index contributed by atoms with van der Waals surface area (Å²) >= 11 is -3.33. The van der Waals surface area contributed by atoms with Crippen LogP contribution in [0.5, 0.6) is 0 Å². The first-order chi connectivity index (χ1) is 2.56. The first kappa shape index (κ1) is 6.76. The van der Waals surface area contributed by atoms with Gasteiger partial charge in [-0.15, -0.1) is 0 Å². The van der Waals surface area contributed by atoms with Crippen molar-refractivity contribution in [2.45, 2.75) is 0 Å². The molecule has 0 bridgehead atoms. The Morgan fingerprint density at radius 3 is 1.83 bits per heavy atom. The SMILES string of the molecule is O=[As](O)(O)O[SeH]. The fraction of sp³-hybridized carbons (Fsp3) is 0. The molecule has 0 radical (unpaired) electrons. The van der Waals surface area contributed by atoms with Gasteiger partial charge in [-0.05, 0) is 0 Å². The zero-order chi connectivity index (χ0) is 5.21. The van der Waals surface area contributed by atoms with Crippen molar-refractivity contribution in [2.24, 2.45) is 0 Å². The normalized spacial score (nSPS) is 11.8. The van der Waals surface area contributed by atoms with E-state index in [4.69, 9.17) is 8.19 Å². The summed E-state index contributed by atoms with van der Waals surface area (Å²) in [6.45, 7) is 0. The molecule has 0 aromatic carbocycles. The molecule has 0 heterocycles. The average molecular weight is 221 g/mol. The van der Waals surface area contributed by atoms with Crippen LogP contribution < -0.4 is 0 Å². The van der Waals surface area contributed by atoms with Crippen LogP contribution >= 0.6 is 0 Å². The third-order valence-electron chi connectivity index (χ3n) is 0.106. The molecule has 0 atom stereocenters. The first-order valence-electron chi connectivity index (χ1n) is 0.948. The van der Waals surface area contributed by atoms with E-state index in [1.807, 2.05) is 0 Å². The van der Waals surface area contributed by atoms with E-state index in [-0.39, 0.29) is 0 Å². The van der Waals surface area contributed by atoms with Crippen molar-refractivity contribution in [3.8, 4) is 0 Å². The van der Waals surface area contributed by atoms with Crippen molar-refractivity contribution >= 4 is 30.9 Å². The van der Waals surface area contributed by atoms with Gasteiger partial charge in [0.05, 0.1) is 0 Å². The van der Waals surface area contributed by atoms with Gasteiger partial charge in [0, 0.05) is 0 Å². The van der Waals surface area contributed by atoms with Crippen molar-refractivity contribution in [1.29, 1.82) is 0 Å². The predicted molar refractivity (Wildman–Crippen MR) is 19.1 cm³/mol. The van der Waals surface area contributed by atoms with Gasteiger partial charge < -0.3 is 0 Å².